The van der Waals surface area contributed by atoms with Crippen molar-refractivity contribution in [3.8, 4) is 11.8 Å². The first-order valence-corrected chi connectivity index (χ1v) is 11.7. The second-order valence-electron chi connectivity index (χ2n) is 8.09. The Hall–Kier alpha value is -2.91. The number of amides is 1. The maximum Gasteiger partial charge on any atom is 0.229 e. The highest BCUT2D eigenvalue weighted by Crippen LogP contribution is 2.44. The van der Waals surface area contributed by atoms with E-state index < -0.39 is 0 Å². The minimum atomic E-state index is -0.181. The summed E-state index contributed by atoms with van der Waals surface area (Å²) in [4.78, 5) is 17.0. The van der Waals surface area contributed by atoms with Gasteiger partial charge >= 0.3 is 0 Å². The van der Waals surface area contributed by atoms with Gasteiger partial charge in [-0.2, -0.15) is 5.26 Å². The van der Waals surface area contributed by atoms with Crippen molar-refractivity contribution in [2.75, 3.05) is 24.1 Å². The number of anilines is 1. The van der Waals surface area contributed by atoms with Crippen molar-refractivity contribution in [2.45, 2.75) is 39.0 Å². The second-order valence-corrected chi connectivity index (χ2v) is 9.02. The summed E-state index contributed by atoms with van der Waals surface area (Å²) < 4.78 is 5.78. The lowest BCUT2D eigenvalue weighted by molar-refractivity contribution is -0.129. The zero-order valence-corrected chi connectivity index (χ0v) is 19.0. The molecule has 1 fully saturated rings. The summed E-state index contributed by atoms with van der Waals surface area (Å²) in [7, 11) is 0. The molecule has 31 heavy (non-hydrogen) atoms. The maximum absolute atomic E-state index is 13.1. The lowest BCUT2D eigenvalue weighted by Crippen LogP contribution is -2.47. The Morgan fingerprint density at radius 1 is 1.19 bits per heavy atom. The Bertz CT molecular complexity index is 1040. The highest BCUT2D eigenvalue weighted by atomic mass is 32.2. The lowest BCUT2D eigenvalue weighted by atomic mass is 9.85. The lowest BCUT2D eigenvalue weighted by Gasteiger charge is -2.42. The maximum atomic E-state index is 13.1. The Morgan fingerprint density at radius 2 is 1.94 bits per heavy atom. The fraction of sp³-hybridized carbons (Fsp3) is 0.360. The van der Waals surface area contributed by atoms with Crippen molar-refractivity contribution in [1.29, 1.82) is 5.26 Å². The van der Waals surface area contributed by atoms with Crippen LogP contribution in [0, 0.1) is 11.3 Å². The SMILES string of the molecule is CCOc1ccccc1N1CSC2=C(C#N)[C@H](c3ccc(C(C)C)cc3)CC(=O)N2C1. The molecule has 4 rings (SSSR count). The average molecular weight is 434 g/mol. The predicted octanol–water partition coefficient (Wildman–Crippen LogP) is 5.43. The quantitative estimate of drug-likeness (QED) is 0.629. The Kier molecular flexibility index (Phi) is 6.24. The smallest absolute Gasteiger partial charge is 0.229 e. The van der Waals surface area contributed by atoms with Gasteiger partial charge in [0, 0.05) is 12.3 Å². The van der Waals surface area contributed by atoms with E-state index in [4.69, 9.17) is 4.74 Å². The number of hydrogen-bond acceptors (Lipinski definition) is 5. The Balaban J connectivity index is 1.63. The number of nitrogens with zero attached hydrogens (tertiary/aromatic N) is 3. The number of thioether (sulfide) groups is 1. The highest BCUT2D eigenvalue weighted by Gasteiger charge is 2.38. The van der Waals surface area contributed by atoms with Crippen LogP contribution in [0.3, 0.4) is 0 Å². The van der Waals surface area contributed by atoms with Gasteiger partial charge in [-0.1, -0.05) is 62.0 Å². The van der Waals surface area contributed by atoms with E-state index in [1.807, 2.05) is 31.2 Å². The molecule has 6 heteroatoms. The third-order valence-electron chi connectivity index (χ3n) is 5.80. The van der Waals surface area contributed by atoms with Gasteiger partial charge < -0.3 is 9.64 Å². The van der Waals surface area contributed by atoms with E-state index in [0.29, 0.717) is 37.1 Å². The summed E-state index contributed by atoms with van der Waals surface area (Å²) in [5.41, 5.74) is 3.95. The van der Waals surface area contributed by atoms with Crippen molar-refractivity contribution in [2.24, 2.45) is 0 Å². The molecule has 0 unspecified atom stereocenters. The standard InChI is InChI=1S/C25H27N3O2S/c1-4-30-23-8-6-5-7-22(23)27-15-28-24(29)13-20(21(14-26)25(28)31-16-27)19-11-9-18(10-12-19)17(2)3/h5-12,17,20H,4,13,15-16H2,1-3H3/t20-/m0/s1. The van der Waals surface area contributed by atoms with Gasteiger partial charge in [0.2, 0.25) is 5.91 Å². The second kappa shape index (κ2) is 9.07. The van der Waals surface area contributed by atoms with Crippen LogP contribution >= 0.6 is 11.8 Å². The van der Waals surface area contributed by atoms with Gasteiger partial charge in [0.1, 0.15) is 5.75 Å². The van der Waals surface area contributed by atoms with Crippen molar-refractivity contribution < 1.29 is 9.53 Å². The summed E-state index contributed by atoms with van der Waals surface area (Å²) in [6.07, 6.45) is 0.314. The van der Waals surface area contributed by atoms with Crippen LogP contribution in [0.4, 0.5) is 5.69 Å². The van der Waals surface area contributed by atoms with Gasteiger partial charge in [0.15, 0.2) is 0 Å². The van der Waals surface area contributed by atoms with Crippen molar-refractivity contribution in [3.63, 3.8) is 0 Å². The summed E-state index contributed by atoms with van der Waals surface area (Å²) in [6.45, 7) is 7.29. The number of allylic oxidation sites excluding steroid dienone is 1. The Labute approximate surface area is 188 Å². The number of carbonyl (C=O) groups excluding carboxylic acids is 1. The fourth-order valence-corrected chi connectivity index (χ4v) is 5.27. The van der Waals surface area contributed by atoms with Crippen LogP contribution in [0.2, 0.25) is 0 Å². The number of fused-ring (bicyclic) bond motifs is 1. The van der Waals surface area contributed by atoms with Crippen LogP contribution in [-0.2, 0) is 4.79 Å². The van der Waals surface area contributed by atoms with Crippen LogP contribution in [-0.4, -0.2) is 30.0 Å². The molecule has 1 atom stereocenters. The normalized spacial score (nSPS) is 18.8. The molecule has 2 heterocycles. The summed E-state index contributed by atoms with van der Waals surface area (Å²) in [6, 6.07) is 18.7. The monoisotopic (exact) mass is 433 g/mol. The van der Waals surface area contributed by atoms with Gasteiger partial charge in [-0.05, 0) is 36.1 Å². The van der Waals surface area contributed by atoms with Gasteiger partial charge in [-0.25, -0.2) is 0 Å². The van der Waals surface area contributed by atoms with E-state index in [1.54, 1.807) is 16.7 Å². The topological polar surface area (TPSA) is 56.6 Å². The fourth-order valence-electron chi connectivity index (χ4n) is 4.11. The summed E-state index contributed by atoms with van der Waals surface area (Å²) in [5, 5.41) is 10.8. The van der Waals surface area contributed by atoms with Crippen molar-refractivity contribution in [3.05, 3.63) is 70.3 Å². The minimum Gasteiger partial charge on any atom is -0.492 e. The molecule has 2 aromatic rings. The molecule has 160 valence electrons. The van der Waals surface area contributed by atoms with E-state index in [9.17, 15) is 10.1 Å². The van der Waals surface area contributed by atoms with Crippen LogP contribution in [0.1, 0.15) is 50.2 Å². The number of rotatable bonds is 5. The molecule has 1 amide bonds. The largest absolute Gasteiger partial charge is 0.492 e. The number of benzene rings is 2. The molecular weight excluding hydrogens is 406 g/mol. The van der Waals surface area contributed by atoms with Crippen molar-refractivity contribution >= 4 is 23.4 Å². The number of hydrogen-bond donors (Lipinski definition) is 0. The van der Waals surface area contributed by atoms with Gasteiger partial charge in [0.25, 0.3) is 0 Å². The predicted molar refractivity (Wildman–Crippen MR) is 125 cm³/mol. The molecular formula is C25H27N3O2S. The van der Waals surface area contributed by atoms with Crippen LogP contribution < -0.4 is 9.64 Å². The molecule has 0 saturated carbocycles. The molecule has 2 aliphatic heterocycles. The van der Waals surface area contributed by atoms with Gasteiger partial charge in [0.05, 0.1) is 41.5 Å². The minimum absolute atomic E-state index is 0.0537. The summed E-state index contributed by atoms with van der Waals surface area (Å²) in [5.74, 6) is 1.79. The molecule has 5 nitrogen and oxygen atoms in total. The average Bonchev–Trinajstić information content (AvgIpc) is 2.79. The first kappa shape index (κ1) is 21.3. The van der Waals surface area contributed by atoms with E-state index in [0.717, 1.165) is 22.0 Å². The molecule has 1 saturated heterocycles. The van der Waals surface area contributed by atoms with Crippen LogP contribution in [0.15, 0.2) is 59.1 Å². The van der Waals surface area contributed by atoms with E-state index in [-0.39, 0.29) is 11.8 Å². The number of carbonyl (C=O) groups is 1. The van der Waals surface area contributed by atoms with E-state index >= 15 is 0 Å². The first-order valence-electron chi connectivity index (χ1n) is 10.7. The van der Waals surface area contributed by atoms with Crippen molar-refractivity contribution in [1.82, 2.24) is 4.90 Å². The van der Waals surface area contributed by atoms with Gasteiger partial charge in [-0.15, -0.1) is 0 Å². The molecule has 0 aromatic heterocycles. The first-order chi connectivity index (χ1) is 15.0. The number of nitriles is 1. The third-order valence-corrected chi connectivity index (χ3v) is 6.96. The zero-order chi connectivity index (χ0) is 22.0. The van der Waals surface area contributed by atoms with Crippen LogP contribution in [0.25, 0.3) is 0 Å². The van der Waals surface area contributed by atoms with Crippen LogP contribution in [0.5, 0.6) is 5.75 Å². The molecule has 2 aromatic carbocycles. The van der Waals surface area contributed by atoms with E-state index in [1.165, 1.54) is 5.56 Å². The summed E-state index contributed by atoms with van der Waals surface area (Å²) >= 11 is 1.55. The van der Waals surface area contributed by atoms with E-state index in [2.05, 4.69) is 49.1 Å². The molecule has 0 spiro atoms. The molecule has 0 N–H and O–H groups in total. The number of para-hydroxylation sites is 2. The van der Waals surface area contributed by atoms with Gasteiger partial charge in [-0.3, -0.25) is 9.69 Å². The molecule has 2 aliphatic rings. The Morgan fingerprint density at radius 3 is 2.61 bits per heavy atom. The third kappa shape index (κ3) is 4.15. The molecule has 0 radical (unpaired) electrons. The molecule has 0 aliphatic carbocycles. The highest BCUT2D eigenvalue weighted by molar-refractivity contribution is 8.03. The number of ether oxygens (including phenoxy) is 1. The zero-order valence-electron chi connectivity index (χ0n) is 18.2. The molecule has 0 bridgehead atoms.